The Kier molecular flexibility index (Phi) is 3.64. The summed E-state index contributed by atoms with van der Waals surface area (Å²) in [5.74, 6) is 0.825. The average molecular weight is 297 g/mol. The lowest BCUT2D eigenvalue weighted by Gasteiger charge is -2.09. The standard InChI is InChI=1S/C17H19N3S/c1-10-4-7-14-15(8-10)20-17(19-14)21-9-13-6-5-11(2)12(3)16(13)18/h4-8H,9,18H2,1-3H3,(H,19,20). The van der Waals surface area contributed by atoms with Crippen molar-refractivity contribution in [3.63, 3.8) is 0 Å². The van der Waals surface area contributed by atoms with Crippen LogP contribution in [-0.2, 0) is 5.75 Å². The van der Waals surface area contributed by atoms with Gasteiger partial charge in [0.2, 0.25) is 0 Å². The van der Waals surface area contributed by atoms with Crippen LogP contribution in [0.4, 0.5) is 5.69 Å². The lowest BCUT2D eigenvalue weighted by Crippen LogP contribution is -1.98. The van der Waals surface area contributed by atoms with Crippen LogP contribution in [0.5, 0.6) is 0 Å². The number of imidazole rings is 1. The number of nitrogen functional groups attached to an aromatic ring is 1. The van der Waals surface area contributed by atoms with E-state index >= 15 is 0 Å². The number of anilines is 1. The maximum atomic E-state index is 6.20. The van der Waals surface area contributed by atoms with Gasteiger partial charge in [0.05, 0.1) is 11.0 Å². The zero-order valence-corrected chi connectivity index (χ0v) is 13.3. The summed E-state index contributed by atoms with van der Waals surface area (Å²) in [7, 11) is 0. The molecule has 0 unspecified atom stereocenters. The molecule has 0 saturated heterocycles. The molecule has 0 saturated carbocycles. The number of H-pyrrole nitrogens is 1. The molecule has 108 valence electrons. The lowest BCUT2D eigenvalue weighted by molar-refractivity contribution is 1.08. The highest BCUT2D eigenvalue weighted by molar-refractivity contribution is 7.98. The van der Waals surface area contributed by atoms with Gasteiger partial charge >= 0.3 is 0 Å². The van der Waals surface area contributed by atoms with Gasteiger partial charge in [-0.3, -0.25) is 0 Å². The molecule has 3 rings (SSSR count). The Bertz CT molecular complexity index is 805. The van der Waals surface area contributed by atoms with E-state index in [1.807, 2.05) is 0 Å². The van der Waals surface area contributed by atoms with E-state index in [1.54, 1.807) is 11.8 Å². The Morgan fingerprint density at radius 2 is 1.95 bits per heavy atom. The quantitative estimate of drug-likeness (QED) is 0.558. The highest BCUT2D eigenvalue weighted by Crippen LogP contribution is 2.28. The van der Waals surface area contributed by atoms with Crippen molar-refractivity contribution in [2.75, 3.05) is 5.73 Å². The summed E-state index contributed by atoms with van der Waals surface area (Å²) in [6.07, 6.45) is 0. The Hall–Kier alpha value is -1.94. The second kappa shape index (κ2) is 5.45. The van der Waals surface area contributed by atoms with Crippen molar-refractivity contribution in [3.8, 4) is 0 Å². The number of fused-ring (bicyclic) bond motifs is 1. The minimum absolute atomic E-state index is 0.825. The van der Waals surface area contributed by atoms with Crippen molar-refractivity contribution in [2.24, 2.45) is 0 Å². The van der Waals surface area contributed by atoms with Crippen molar-refractivity contribution >= 4 is 28.5 Å². The van der Waals surface area contributed by atoms with Gasteiger partial charge < -0.3 is 10.7 Å². The minimum atomic E-state index is 0.825. The van der Waals surface area contributed by atoms with Gasteiger partial charge in [-0.1, -0.05) is 30.0 Å². The van der Waals surface area contributed by atoms with E-state index in [0.29, 0.717) is 0 Å². The third-order valence-electron chi connectivity index (χ3n) is 3.86. The molecule has 0 bridgehead atoms. The van der Waals surface area contributed by atoms with Gasteiger partial charge in [-0.25, -0.2) is 4.98 Å². The molecule has 3 aromatic rings. The topological polar surface area (TPSA) is 54.7 Å². The van der Waals surface area contributed by atoms with E-state index in [0.717, 1.165) is 27.6 Å². The monoisotopic (exact) mass is 297 g/mol. The highest BCUT2D eigenvalue weighted by Gasteiger charge is 2.08. The van der Waals surface area contributed by atoms with Crippen LogP contribution in [0.25, 0.3) is 11.0 Å². The van der Waals surface area contributed by atoms with Gasteiger partial charge in [0, 0.05) is 11.4 Å². The minimum Gasteiger partial charge on any atom is -0.398 e. The number of aromatic nitrogens is 2. The van der Waals surface area contributed by atoms with Gasteiger partial charge in [-0.2, -0.15) is 0 Å². The molecule has 2 aromatic carbocycles. The Morgan fingerprint density at radius 3 is 2.76 bits per heavy atom. The first-order chi connectivity index (χ1) is 10.0. The van der Waals surface area contributed by atoms with E-state index in [-0.39, 0.29) is 0 Å². The third kappa shape index (κ3) is 2.76. The van der Waals surface area contributed by atoms with Gasteiger partial charge in [0.1, 0.15) is 0 Å². The number of thioether (sulfide) groups is 1. The molecule has 1 aromatic heterocycles. The van der Waals surface area contributed by atoms with Crippen LogP contribution in [0.1, 0.15) is 22.3 Å². The van der Waals surface area contributed by atoms with E-state index < -0.39 is 0 Å². The van der Waals surface area contributed by atoms with E-state index in [9.17, 15) is 0 Å². The molecule has 0 atom stereocenters. The van der Waals surface area contributed by atoms with Crippen LogP contribution in [0.15, 0.2) is 35.5 Å². The molecule has 3 nitrogen and oxygen atoms in total. The van der Waals surface area contributed by atoms with Gasteiger partial charge in [-0.15, -0.1) is 0 Å². The second-order valence-electron chi connectivity index (χ2n) is 5.43. The molecule has 0 spiro atoms. The number of rotatable bonds is 3. The number of benzene rings is 2. The largest absolute Gasteiger partial charge is 0.398 e. The van der Waals surface area contributed by atoms with Crippen LogP contribution in [0.2, 0.25) is 0 Å². The number of nitrogens with one attached hydrogen (secondary N) is 1. The molecular weight excluding hydrogens is 278 g/mol. The predicted molar refractivity (Wildman–Crippen MR) is 90.7 cm³/mol. The van der Waals surface area contributed by atoms with E-state index in [2.05, 4.69) is 61.1 Å². The number of nitrogens with zero attached hydrogens (tertiary/aromatic N) is 1. The molecule has 0 aliphatic rings. The first-order valence-electron chi connectivity index (χ1n) is 6.98. The van der Waals surface area contributed by atoms with Crippen molar-refractivity contribution in [3.05, 3.63) is 52.6 Å². The number of hydrogen-bond donors (Lipinski definition) is 2. The van der Waals surface area contributed by atoms with Crippen LogP contribution in [0.3, 0.4) is 0 Å². The summed E-state index contributed by atoms with van der Waals surface area (Å²) in [5.41, 5.74) is 14.0. The van der Waals surface area contributed by atoms with E-state index in [4.69, 9.17) is 5.73 Å². The molecule has 0 radical (unpaired) electrons. The fourth-order valence-electron chi connectivity index (χ4n) is 2.33. The van der Waals surface area contributed by atoms with Gasteiger partial charge in [0.25, 0.3) is 0 Å². The molecule has 0 fully saturated rings. The molecule has 0 amide bonds. The Morgan fingerprint density at radius 1 is 1.14 bits per heavy atom. The van der Waals surface area contributed by atoms with Crippen molar-refractivity contribution in [2.45, 2.75) is 31.7 Å². The first-order valence-corrected chi connectivity index (χ1v) is 7.97. The van der Waals surface area contributed by atoms with Gasteiger partial charge in [0.15, 0.2) is 5.16 Å². The van der Waals surface area contributed by atoms with Crippen molar-refractivity contribution in [1.29, 1.82) is 0 Å². The zero-order valence-electron chi connectivity index (χ0n) is 12.5. The number of aryl methyl sites for hydroxylation is 2. The SMILES string of the molecule is Cc1ccc2nc(SCc3ccc(C)c(C)c3N)[nH]c2c1. The second-order valence-corrected chi connectivity index (χ2v) is 6.40. The van der Waals surface area contributed by atoms with Crippen molar-refractivity contribution in [1.82, 2.24) is 9.97 Å². The molecular formula is C17H19N3S. The fourth-order valence-corrected chi connectivity index (χ4v) is 3.22. The molecule has 1 heterocycles. The zero-order chi connectivity index (χ0) is 15.0. The highest BCUT2D eigenvalue weighted by atomic mass is 32.2. The summed E-state index contributed by atoms with van der Waals surface area (Å²) >= 11 is 1.69. The molecule has 21 heavy (non-hydrogen) atoms. The normalized spacial score (nSPS) is 11.2. The van der Waals surface area contributed by atoms with Crippen LogP contribution < -0.4 is 5.73 Å². The van der Waals surface area contributed by atoms with E-state index in [1.165, 1.54) is 22.3 Å². The summed E-state index contributed by atoms with van der Waals surface area (Å²) in [5, 5.41) is 0.938. The average Bonchev–Trinajstić information content (AvgIpc) is 2.86. The van der Waals surface area contributed by atoms with Crippen LogP contribution in [-0.4, -0.2) is 9.97 Å². The molecule has 0 aliphatic heterocycles. The molecule has 3 N–H and O–H groups in total. The van der Waals surface area contributed by atoms with Crippen LogP contribution >= 0.6 is 11.8 Å². The Balaban J connectivity index is 1.82. The number of aromatic amines is 1. The number of nitrogens with two attached hydrogens (primary N) is 1. The summed E-state index contributed by atoms with van der Waals surface area (Å²) in [6.45, 7) is 6.25. The fraction of sp³-hybridized carbons (Fsp3) is 0.235. The maximum Gasteiger partial charge on any atom is 0.166 e. The summed E-state index contributed by atoms with van der Waals surface area (Å²) in [4.78, 5) is 7.97. The smallest absolute Gasteiger partial charge is 0.166 e. The molecule has 4 heteroatoms. The summed E-state index contributed by atoms with van der Waals surface area (Å²) < 4.78 is 0. The molecule has 0 aliphatic carbocycles. The Labute approximate surface area is 129 Å². The predicted octanol–water partition coefficient (Wildman–Crippen LogP) is 4.36. The lowest BCUT2D eigenvalue weighted by atomic mass is 10.0. The number of hydrogen-bond acceptors (Lipinski definition) is 3. The summed E-state index contributed by atoms with van der Waals surface area (Å²) in [6, 6.07) is 10.5. The maximum absolute atomic E-state index is 6.20. The van der Waals surface area contributed by atoms with Crippen molar-refractivity contribution < 1.29 is 0 Å². The van der Waals surface area contributed by atoms with Crippen LogP contribution in [0, 0.1) is 20.8 Å². The van der Waals surface area contributed by atoms with Gasteiger partial charge in [-0.05, 0) is 55.2 Å². The first kappa shape index (κ1) is 14.0. The third-order valence-corrected chi connectivity index (χ3v) is 4.78.